The summed E-state index contributed by atoms with van der Waals surface area (Å²) in [5.41, 5.74) is -0.524. The van der Waals surface area contributed by atoms with Gasteiger partial charge in [-0.25, -0.2) is 13.8 Å². The Labute approximate surface area is 160 Å². The SMILES string of the molecule is N#Cc1c2n(c(=O)n(CC(=O)N(Cc3ccccc3F)C3CC3)c1=O)CCC2. The highest BCUT2D eigenvalue weighted by atomic mass is 19.1. The highest BCUT2D eigenvalue weighted by Crippen LogP contribution is 2.29. The third kappa shape index (κ3) is 3.13. The van der Waals surface area contributed by atoms with Gasteiger partial charge in [0.1, 0.15) is 24.0 Å². The Morgan fingerprint density at radius 3 is 2.71 bits per heavy atom. The smallest absolute Gasteiger partial charge is 0.331 e. The largest absolute Gasteiger partial charge is 0.334 e. The van der Waals surface area contributed by atoms with E-state index in [1.165, 1.54) is 15.5 Å². The second kappa shape index (κ2) is 7.08. The molecule has 2 aliphatic rings. The zero-order valence-electron chi connectivity index (χ0n) is 15.2. The number of nitrogens with zero attached hydrogens (tertiary/aromatic N) is 4. The molecule has 2 aromatic rings. The van der Waals surface area contributed by atoms with E-state index in [-0.39, 0.29) is 18.2 Å². The van der Waals surface area contributed by atoms with E-state index in [1.54, 1.807) is 18.2 Å². The summed E-state index contributed by atoms with van der Waals surface area (Å²) < 4.78 is 16.3. The molecule has 0 N–H and O–H groups in total. The summed E-state index contributed by atoms with van der Waals surface area (Å²) in [6.07, 6.45) is 2.80. The van der Waals surface area contributed by atoms with Crippen molar-refractivity contribution < 1.29 is 9.18 Å². The molecule has 28 heavy (non-hydrogen) atoms. The van der Waals surface area contributed by atoms with Crippen LogP contribution in [0.15, 0.2) is 33.9 Å². The predicted molar refractivity (Wildman–Crippen MR) is 98.0 cm³/mol. The number of carbonyl (C=O) groups is 1. The number of fused-ring (bicyclic) bond motifs is 1. The fourth-order valence-electron chi connectivity index (χ4n) is 3.73. The van der Waals surface area contributed by atoms with Crippen LogP contribution in [-0.2, 0) is 30.8 Å². The van der Waals surface area contributed by atoms with E-state index in [4.69, 9.17) is 0 Å². The van der Waals surface area contributed by atoms with E-state index in [0.717, 1.165) is 17.4 Å². The van der Waals surface area contributed by atoms with Gasteiger partial charge in [0.2, 0.25) is 5.91 Å². The molecule has 0 saturated heterocycles. The fourth-order valence-corrected chi connectivity index (χ4v) is 3.73. The van der Waals surface area contributed by atoms with Crippen LogP contribution in [-0.4, -0.2) is 26.0 Å². The monoisotopic (exact) mass is 382 g/mol. The summed E-state index contributed by atoms with van der Waals surface area (Å²) in [6.45, 7) is 0.0682. The Morgan fingerprint density at radius 1 is 1.29 bits per heavy atom. The van der Waals surface area contributed by atoms with Crippen molar-refractivity contribution in [1.82, 2.24) is 14.0 Å². The first kappa shape index (κ1) is 18.2. The molecule has 2 heterocycles. The Hall–Kier alpha value is -3.21. The Bertz CT molecular complexity index is 1110. The van der Waals surface area contributed by atoms with Crippen LogP contribution in [0.2, 0.25) is 0 Å². The molecule has 144 valence electrons. The summed E-state index contributed by atoms with van der Waals surface area (Å²) in [5, 5.41) is 9.35. The minimum atomic E-state index is -0.726. The van der Waals surface area contributed by atoms with Crippen molar-refractivity contribution in [3.8, 4) is 6.07 Å². The van der Waals surface area contributed by atoms with Gasteiger partial charge in [0.05, 0.1) is 0 Å². The lowest BCUT2D eigenvalue weighted by Crippen LogP contribution is -2.46. The Kier molecular flexibility index (Phi) is 4.59. The molecule has 1 fully saturated rings. The van der Waals surface area contributed by atoms with Gasteiger partial charge in [0, 0.05) is 30.4 Å². The molecular formula is C20H19FN4O3. The number of hydrogen-bond donors (Lipinski definition) is 0. The maximum atomic E-state index is 14.0. The third-order valence-corrected chi connectivity index (χ3v) is 5.34. The first-order valence-corrected chi connectivity index (χ1v) is 9.30. The van der Waals surface area contributed by atoms with Gasteiger partial charge < -0.3 is 4.90 Å². The van der Waals surface area contributed by atoms with Crippen molar-refractivity contribution in [3.63, 3.8) is 0 Å². The second-order valence-electron chi connectivity index (χ2n) is 7.21. The van der Waals surface area contributed by atoms with Gasteiger partial charge in [0.25, 0.3) is 5.56 Å². The summed E-state index contributed by atoms with van der Waals surface area (Å²) in [4.78, 5) is 39.8. The van der Waals surface area contributed by atoms with Gasteiger partial charge in [-0.1, -0.05) is 18.2 Å². The van der Waals surface area contributed by atoms with Gasteiger partial charge in [0.15, 0.2) is 0 Å². The van der Waals surface area contributed by atoms with E-state index in [2.05, 4.69) is 0 Å². The highest BCUT2D eigenvalue weighted by molar-refractivity contribution is 5.76. The average Bonchev–Trinajstić information content (AvgIpc) is 3.41. The van der Waals surface area contributed by atoms with Crippen LogP contribution in [0.25, 0.3) is 0 Å². The normalized spacial score (nSPS) is 15.1. The average molecular weight is 382 g/mol. The lowest BCUT2D eigenvalue weighted by molar-refractivity contribution is -0.133. The standard InChI is InChI=1S/C20H19FN4O3/c21-16-5-2-1-4-13(16)11-24(14-7-8-14)18(26)12-25-19(27)15(10-22)17-6-3-9-23(17)20(25)28/h1-2,4-5,14H,3,6-9,11-12H2. The quantitative estimate of drug-likeness (QED) is 0.776. The molecule has 1 aromatic heterocycles. The number of amides is 1. The molecule has 0 atom stereocenters. The molecule has 8 heteroatoms. The number of aromatic nitrogens is 2. The minimum Gasteiger partial charge on any atom is -0.334 e. The van der Waals surface area contributed by atoms with Crippen LogP contribution in [0, 0.1) is 17.1 Å². The maximum Gasteiger partial charge on any atom is 0.331 e. The lowest BCUT2D eigenvalue weighted by atomic mass is 10.2. The summed E-state index contributed by atoms with van der Waals surface area (Å²) >= 11 is 0. The summed E-state index contributed by atoms with van der Waals surface area (Å²) in [7, 11) is 0. The van der Waals surface area contributed by atoms with E-state index >= 15 is 0 Å². The van der Waals surface area contributed by atoms with E-state index in [0.29, 0.717) is 30.6 Å². The van der Waals surface area contributed by atoms with Gasteiger partial charge in [-0.3, -0.25) is 14.2 Å². The first-order chi connectivity index (χ1) is 13.5. The van der Waals surface area contributed by atoms with Gasteiger partial charge >= 0.3 is 5.69 Å². The van der Waals surface area contributed by atoms with Crippen molar-refractivity contribution in [1.29, 1.82) is 5.26 Å². The predicted octanol–water partition coefficient (Wildman–Crippen LogP) is 1.16. The molecule has 0 radical (unpaired) electrons. The number of carbonyl (C=O) groups excluding carboxylic acids is 1. The maximum absolute atomic E-state index is 14.0. The Balaban J connectivity index is 1.66. The first-order valence-electron chi connectivity index (χ1n) is 9.30. The number of benzene rings is 1. The minimum absolute atomic E-state index is 0.0181. The van der Waals surface area contributed by atoms with Gasteiger partial charge in [-0.15, -0.1) is 0 Å². The molecule has 1 aliphatic heterocycles. The number of nitriles is 1. The second-order valence-corrected chi connectivity index (χ2v) is 7.21. The summed E-state index contributed by atoms with van der Waals surface area (Å²) in [6, 6.07) is 8.09. The van der Waals surface area contributed by atoms with Crippen LogP contribution in [0.5, 0.6) is 0 Å². The van der Waals surface area contributed by atoms with Gasteiger partial charge in [-0.05, 0) is 31.7 Å². The fraction of sp³-hybridized carbons (Fsp3) is 0.400. The van der Waals surface area contributed by atoms with Crippen LogP contribution in [0.3, 0.4) is 0 Å². The molecule has 0 bridgehead atoms. The third-order valence-electron chi connectivity index (χ3n) is 5.34. The van der Waals surface area contributed by atoms with E-state index in [1.807, 2.05) is 6.07 Å². The molecular weight excluding hydrogens is 363 g/mol. The molecule has 0 unspecified atom stereocenters. The van der Waals surface area contributed by atoms with Crippen molar-refractivity contribution in [2.75, 3.05) is 0 Å². The number of rotatable bonds is 5. The molecule has 0 spiro atoms. The number of halogens is 1. The van der Waals surface area contributed by atoms with Crippen LogP contribution in [0.4, 0.5) is 4.39 Å². The van der Waals surface area contributed by atoms with Crippen molar-refractivity contribution in [3.05, 3.63) is 67.7 Å². The van der Waals surface area contributed by atoms with Crippen LogP contribution >= 0.6 is 0 Å². The summed E-state index contributed by atoms with van der Waals surface area (Å²) in [5.74, 6) is -0.824. The van der Waals surface area contributed by atoms with Crippen molar-refractivity contribution in [2.24, 2.45) is 0 Å². The van der Waals surface area contributed by atoms with Crippen molar-refractivity contribution in [2.45, 2.75) is 51.4 Å². The topological polar surface area (TPSA) is 88.1 Å². The van der Waals surface area contributed by atoms with E-state index < -0.39 is 29.5 Å². The van der Waals surface area contributed by atoms with Crippen molar-refractivity contribution >= 4 is 5.91 Å². The molecule has 1 saturated carbocycles. The molecule has 7 nitrogen and oxygen atoms in total. The van der Waals surface area contributed by atoms with Crippen LogP contribution in [0.1, 0.15) is 36.1 Å². The lowest BCUT2D eigenvalue weighted by Gasteiger charge is -2.23. The van der Waals surface area contributed by atoms with Gasteiger partial charge in [-0.2, -0.15) is 5.26 Å². The zero-order chi connectivity index (χ0) is 19.8. The number of hydrogen-bond acceptors (Lipinski definition) is 4. The van der Waals surface area contributed by atoms with E-state index in [9.17, 15) is 24.0 Å². The molecule has 4 rings (SSSR count). The Morgan fingerprint density at radius 2 is 2.04 bits per heavy atom. The molecule has 1 aliphatic carbocycles. The molecule has 1 aromatic carbocycles. The molecule has 1 amide bonds. The zero-order valence-corrected chi connectivity index (χ0v) is 15.2. The highest BCUT2D eigenvalue weighted by Gasteiger charge is 2.34. The van der Waals surface area contributed by atoms with Crippen LogP contribution < -0.4 is 11.2 Å².